The molecule has 164 valence electrons. The highest BCUT2D eigenvalue weighted by atomic mass is 32.2. The summed E-state index contributed by atoms with van der Waals surface area (Å²) in [6, 6.07) is 15.3. The fraction of sp³-hybridized carbons (Fsp3) is 0.375. The van der Waals surface area contributed by atoms with E-state index in [4.69, 9.17) is 9.72 Å². The average Bonchev–Trinajstić information content (AvgIpc) is 3.30. The Kier molecular flexibility index (Phi) is 6.62. The first-order valence-corrected chi connectivity index (χ1v) is 13.1. The lowest BCUT2D eigenvalue weighted by molar-refractivity contribution is 0.414. The Morgan fingerprint density at radius 3 is 2.35 bits per heavy atom. The molecule has 0 unspecified atom stereocenters. The normalized spacial score (nSPS) is 15.2. The van der Waals surface area contributed by atoms with Crippen LogP contribution in [-0.4, -0.2) is 38.9 Å². The van der Waals surface area contributed by atoms with Gasteiger partial charge in [0.05, 0.1) is 22.9 Å². The van der Waals surface area contributed by atoms with Gasteiger partial charge in [0.15, 0.2) is 15.0 Å². The van der Waals surface area contributed by atoms with Crippen LogP contribution in [0.15, 0.2) is 58.8 Å². The number of hydrogen-bond donors (Lipinski definition) is 0. The number of rotatable bonds is 7. The highest BCUT2D eigenvalue weighted by Gasteiger charge is 2.32. The number of methoxy groups -OCH3 is 1. The number of aromatic nitrogens is 1. The maximum absolute atomic E-state index is 13.0. The van der Waals surface area contributed by atoms with Gasteiger partial charge >= 0.3 is 0 Å². The molecule has 31 heavy (non-hydrogen) atoms. The summed E-state index contributed by atoms with van der Waals surface area (Å²) in [4.78, 5) is 7.40. The summed E-state index contributed by atoms with van der Waals surface area (Å²) in [5, 5.41) is 2.69. The Morgan fingerprint density at radius 2 is 1.74 bits per heavy atom. The first kappa shape index (κ1) is 21.8. The van der Waals surface area contributed by atoms with Crippen molar-refractivity contribution in [2.75, 3.05) is 25.1 Å². The van der Waals surface area contributed by atoms with E-state index < -0.39 is 9.84 Å². The van der Waals surface area contributed by atoms with Crippen molar-refractivity contribution in [2.45, 2.75) is 42.8 Å². The third-order valence-corrected chi connectivity index (χ3v) is 9.00. The molecule has 2 aromatic carbocycles. The first-order valence-electron chi connectivity index (χ1n) is 10.7. The van der Waals surface area contributed by atoms with Crippen molar-refractivity contribution in [2.24, 2.45) is 0 Å². The molecule has 1 aliphatic heterocycles. The highest BCUT2D eigenvalue weighted by Crippen LogP contribution is 2.32. The molecule has 1 fully saturated rings. The Hall–Kier alpha value is -2.38. The van der Waals surface area contributed by atoms with E-state index in [2.05, 4.69) is 41.5 Å². The van der Waals surface area contributed by atoms with E-state index >= 15 is 0 Å². The molecule has 0 saturated carbocycles. The van der Waals surface area contributed by atoms with E-state index in [0.717, 1.165) is 29.2 Å². The largest absolute Gasteiger partial charge is 0.497 e. The van der Waals surface area contributed by atoms with Crippen LogP contribution in [0.1, 0.15) is 31.7 Å². The standard InChI is InChI=1S/C24H28N2O3S2/c1-3-4-18-5-7-19(8-6-18)23-17-30-24(25-23)26-15-13-22(14-16-26)31(27,28)21-11-9-20(29-2)10-12-21/h5-12,17,22H,3-4,13-16H2,1-2H3. The second-order valence-electron chi connectivity index (χ2n) is 7.87. The molecule has 0 aliphatic carbocycles. The SMILES string of the molecule is CCCc1ccc(-c2csc(N3CCC(S(=O)(=O)c4ccc(OC)cc4)CC3)n2)cc1. The number of sulfone groups is 1. The zero-order valence-electron chi connectivity index (χ0n) is 18.0. The van der Waals surface area contributed by atoms with Crippen LogP contribution in [0.4, 0.5) is 5.13 Å². The average molecular weight is 457 g/mol. The predicted octanol–water partition coefficient (Wildman–Crippen LogP) is 5.21. The molecule has 7 heteroatoms. The number of thiazole rings is 1. The summed E-state index contributed by atoms with van der Waals surface area (Å²) in [7, 11) is -1.76. The number of ether oxygens (including phenoxy) is 1. The molecule has 0 radical (unpaired) electrons. The molecule has 3 aromatic rings. The molecule has 5 nitrogen and oxygen atoms in total. The molecule has 1 saturated heterocycles. The van der Waals surface area contributed by atoms with E-state index in [1.165, 1.54) is 5.56 Å². The quantitative estimate of drug-likeness (QED) is 0.488. The first-order chi connectivity index (χ1) is 15.0. The molecule has 0 N–H and O–H groups in total. The van der Waals surface area contributed by atoms with Crippen LogP contribution in [0.5, 0.6) is 5.75 Å². The molecule has 1 aliphatic rings. The molecule has 0 bridgehead atoms. The van der Waals surface area contributed by atoms with Crippen LogP contribution in [0.25, 0.3) is 11.3 Å². The van der Waals surface area contributed by atoms with Gasteiger partial charge in [-0.25, -0.2) is 13.4 Å². The van der Waals surface area contributed by atoms with Crippen molar-refractivity contribution in [3.63, 3.8) is 0 Å². The van der Waals surface area contributed by atoms with Crippen LogP contribution in [0.2, 0.25) is 0 Å². The molecule has 2 heterocycles. The third kappa shape index (κ3) is 4.77. The topological polar surface area (TPSA) is 59.5 Å². The highest BCUT2D eigenvalue weighted by molar-refractivity contribution is 7.92. The second-order valence-corrected chi connectivity index (χ2v) is 10.9. The fourth-order valence-corrected chi connectivity index (χ4v) is 6.61. The Balaban J connectivity index is 1.40. The van der Waals surface area contributed by atoms with Crippen LogP contribution in [-0.2, 0) is 16.3 Å². The van der Waals surface area contributed by atoms with Crippen LogP contribution in [0, 0.1) is 0 Å². The molecule has 0 amide bonds. The van der Waals surface area contributed by atoms with Crippen molar-refractivity contribution in [1.29, 1.82) is 0 Å². The molecule has 1 aromatic heterocycles. The fourth-order valence-electron chi connectivity index (χ4n) is 3.99. The van der Waals surface area contributed by atoms with Crippen molar-refractivity contribution in [1.82, 2.24) is 4.98 Å². The van der Waals surface area contributed by atoms with E-state index in [0.29, 0.717) is 36.6 Å². The van der Waals surface area contributed by atoms with E-state index in [1.54, 1.807) is 42.7 Å². The lowest BCUT2D eigenvalue weighted by Gasteiger charge is -2.31. The van der Waals surface area contributed by atoms with Crippen LogP contribution in [0.3, 0.4) is 0 Å². The summed E-state index contributed by atoms with van der Waals surface area (Å²) >= 11 is 1.63. The van der Waals surface area contributed by atoms with Gasteiger partial charge in [-0.3, -0.25) is 0 Å². The van der Waals surface area contributed by atoms with Crippen LogP contribution < -0.4 is 9.64 Å². The molecule has 0 atom stereocenters. The summed E-state index contributed by atoms with van der Waals surface area (Å²) in [6.45, 7) is 3.58. The Morgan fingerprint density at radius 1 is 1.06 bits per heavy atom. The number of piperidine rings is 1. The number of aryl methyl sites for hydroxylation is 1. The monoisotopic (exact) mass is 456 g/mol. The Bertz CT molecular complexity index is 1100. The third-order valence-electron chi connectivity index (χ3n) is 5.82. The molecular weight excluding hydrogens is 428 g/mol. The molecule has 4 rings (SSSR count). The second kappa shape index (κ2) is 9.40. The predicted molar refractivity (Wildman–Crippen MR) is 127 cm³/mol. The lowest BCUT2D eigenvalue weighted by atomic mass is 10.1. The molecular formula is C24H28N2O3S2. The summed E-state index contributed by atoms with van der Waals surface area (Å²) in [6.07, 6.45) is 3.45. The number of nitrogens with zero attached hydrogens (tertiary/aromatic N) is 2. The van der Waals surface area contributed by atoms with Gasteiger partial charge in [-0.2, -0.15) is 0 Å². The summed E-state index contributed by atoms with van der Waals surface area (Å²) in [5.41, 5.74) is 3.46. The minimum atomic E-state index is -3.34. The summed E-state index contributed by atoms with van der Waals surface area (Å²) < 4.78 is 31.2. The van der Waals surface area contributed by atoms with Crippen molar-refractivity contribution in [3.05, 3.63) is 59.5 Å². The van der Waals surface area contributed by atoms with E-state index in [9.17, 15) is 8.42 Å². The molecule has 0 spiro atoms. The smallest absolute Gasteiger partial charge is 0.185 e. The number of anilines is 1. The number of benzene rings is 2. The van der Waals surface area contributed by atoms with Gasteiger partial charge in [0.25, 0.3) is 0 Å². The van der Waals surface area contributed by atoms with Gasteiger partial charge in [-0.15, -0.1) is 11.3 Å². The summed E-state index contributed by atoms with van der Waals surface area (Å²) in [5.74, 6) is 0.661. The van der Waals surface area contributed by atoms with Gasteiger partial charge in [0.1, 0.15) is 5.75 Å². The van der Waals surface area contributed by atoms with Gasteiger partial charge in [-0.05, 0) is 49.1 Å². The zero-order valence-corrected chi connectivity index (χ0v) is 19.6. The van der Waals surface area contributed by atoms with Crippen molar-refractivity contribution < 1.29 is 13.2 Å². The Labute approximate surface area is 188 Å². The maximum Gasteiger partial charge on any atom is 0.185 e. The van der Waals surface area contributed by atoms with Crippen molar-refractivity contribution >= 4 is 26.3 Å². The number of hydrogen-bond acceptors (Lipinski definition) is 6. The van der Waals surface area contributed by atoms with E-state index in [-0.39, 0.29) is 5.25 Å². The maximum atomic E-state index is 13.0. The van der Waals surface area contributed by atoms with Crippen LogP contribution >= 0.6 is 11.3 Å². The van der Waals surface area contributed by atoms with Gasteiger partial charge in [0, 0.05) is 24.0 Å². The lowest BCUT2D eigenvalue weighted by Crippen LogP contribution is -2.39. The van der Waals surface area contributed by atoms with Gasteiger partial charge in [-0.1, -0.05) is 37.6 Å². The van der Waals surface area contributed by atoms with E-state index in [1.807, 2.05) is 0 Å². The minimum absolute atomic E-state index is 0.359. The van der Waals surface area contributed by atoms with Crippen molar-refractivity contribution in [3.8, 4) is 17.0 Å². The zero-order chi connectivity index (χ0) is 21.8. The van der Waals surface area contributed by atoms with Gasteiger partial charge in [0.2, 0.25) is 0 Å². The minimum Gasteiger partial charge on any atom is -0.497 e. The van der Waals surface area contributed by atoms with Gasteiger partial charge < -0.3 is 9.64 Å².